The van der Waals surface area contributed by atoms with Crippen LogP contribution in [0, 0.1) is 0 Å². The van der Waals surface area contributed by atoms with E-state index in [2.05, 4.69) is 5.32 Å². The Kier molecular flexibility index (Phi) is 5.21. The summed E-state index contributed by atoms with van der Waals surface area (Å²) in [5.41, 5.74) is 0.650. The van der Waals surface area contributed by atoms with Crippen LogP contribution >= 0.6 is 0 Å². The maximum absolute atomic E-state index is 11.7. The van der Waals surface area contributed by atoms with Gasteiger partial charge in [0.15, 0.2) is 0 Å². The highest BCUT2D eigenvalue weighted by molar-refractivity contribution is 5.79. The van der Waals surface area contributed by atoms with Gasteiger partial charge in [-0.1, -0.05) is 31.0 Å². The molecule has 0 heterocycles. The van der Waals surface area contributed by atoms with E-state index in [9.17, 15) is 9.90 Å². The molecule has 0 radical (unpaired) electrons. The fourth-order valence-electron chi connectivity index (χ4n) is 2.37. The standard InChI is InChI=1S/C15H21NO3/c17-14-8-4-1-5-12(14)11-15(18)16-9-10-19-13-6-2-3-7-13/h1,4-5,8,13,17H,2-3,6-7,9-11H2,(H,16,18). The van der Waals surface area contributed by atoms with E-state index < -0.39 is 0 Å². The minimum atomic E-state index is -0.0866. The number of hydrogen-bond donors (Lipinski definition) is 2. The van der Waals surface area contributed by atoms with Crippen molar-refractivity contribution in [2.24, 2.45) is 0 Å². The molecule has 0 atom stereocenters. The Hall–Kier alpha value is -1.55. The predicted molar refractivity (Wildman–Crippen MR) is 73.0 cm³/mol. The fraction of sp³-hybridized carbons (Fsp3) is 0.533. The first-order valence-corrected chi connectivity index (χ1v) is 6.91. The van der Waals surface area contributed by atoms with Crippen molar-refractivity contribution in [1.82, 2.24) is 5.32 Å². The molecule has 1 fully saturated rings. The number of benzene rings is 1. The number of aromatic hydroxyl groups is 1. The highest BCUT2D eigenvalue weighted by Gasteiger charge is 2.14. The van der Waals surface area contributed by atoms with Gasteiger partial charge in [-0.3, -0.25) is 4.79 Å². The van der Waals surface area contributed by atoms with Crippen LogP contribution in [0.3, 0.4) is 0 Å². The van der Waals surface area contributed by atoms with Crippen LogP contribution in [0.4, 0.5) is 0 Å². The Bertz CT molecular complexity index is 414. The van der Waals surface area contributed by atoms with Crippen molar-refractivity contribution in [1.29, 1.82) is 0 Å². The maximum atomic E-state index is 11.7. The SMILES string of the molecule is O=C(Cc1ccccc1O)NCCOC1CCCC1. The molecule has 0 aliphatic heterocycles. The molecule has 2 rings (SSSR count). The second-order valence-corrected chi connectivity index (χ2v) is 4.93. The second kappa shape index (κ2) is 7.14. The number of carbonyl (C=O) groups excluding carboxylic acids is 1. The zero-order valence-electron chi connectivity index (χ0n) is 11.1. The first-order chi connectivity index (χ1) is 9.25. The zero-order valence-corrected chi connectivity index (χ0v) is 11.1. The number of para-hydroxylation sites is 1. The zero-order chi connectivity index (χ0) is 13.5. The number of ether oxygens (including phenoxy) is 1. The highest BCUT2D eigenvalue weighted by Crippen LogP contribution is 2.20. The third kappa shape index (κ3) is 4.56. The van der Waals surface area contributed by atoms with Gasteiger partial charge in [-0.15, -0.1) is 0 Å². The normalized spacial score (nSPS) is 15.6. The Morgan fingerprint density at radius 1 is 1.32 bits per heavy atom. The molecule has 0 aromatic heterocycles. The van der Waals surface area contributed by atoms with Crippen LogP contribution in [0.25, 0.3) is 0 Å². The van der Waals surface area contributed by atoms with Gasteiger partial charge < -0.3 is 15.2 Å². The maximum Gasteiger partial charge on any atom is 0.224 e. The van der Waals surface area contributed by atoms with Crippen LogP contribution in [0.5, 0.6) is 5.75 Å². The Balaban J connectivity index is 1.63. The van der Waals surface area contributed by atoms with Crippen LogP contribution < -0.4 is 5.32 Å². The molecule has 0 spiro atoms. The number of nitrogens with one attached hydrogen (secondary N) is 1. The Labute approximate surface area is 113 Å². The lowest BCUT2D eigenvalue weighted by Crippen LogP contribution is -2.29. The van der Waals surface area contributed by atoms with Gasteiger partial charge in [0.1, 0.15) is 5.75 Å². The van der Waals surface area contributed by atoms with Gasteiger partial charge in [0, 0.05) is 12.1 Å². The minimum absolute atomic E-state index is 0.0866. The van der Waals surface area contributed by atoms with E-state index in [4.69, 9.17) is 4.74 Å². The quantitative estimate of drug-likeness (QED) is 0.772. The van der Waals surface area contributed by atoms with Crippen molar-refractivity contribution in [3.05, 3.63) is 29.8 Å². The largest absolute Gasteiger partial charge is 0.508 e. The van der Waals surface area contributed by atoms with Gasteiger partial charge in [-0.05, 0) is 18.9 Å². The molecule has 1 saturated carbocycles. The third-order valence-corrected chi connectivity index (χ3v) is 3.42. The van der Waals surface area contributed by atoms with Crippen molar-refractivity contribution >= 4 is 5.91 Å². The average Bonchev–Trinajstić information content (AvgIpc) is 2.91. The van der Waals surface area contributed by atoms with Crippen LogP contribution in [0.2, 0.25) is 0 Å². The van der Waals surface area contributed by atoms with Crippen molar-refractivity contribution < 1.29 is 14.6 Å². The minimum Gasteiger partial charge on any atom is -0.508 e. The average molecular weight is 263 g/mol. The van der Waals surface area contributed by atoms with Crippen LogP contribution in [-0.4, -0.2) is 30.3 Å². The predicted octanol–water partition coefficient (Wildman–Crippen LogP) is 2.01. The summed E-state index contributed by atoms with van der Waals surface area (Å²) in [5, 5.41) is 12.4. The topological polar surface area (TPSA) is 58.6 Å². The van der Waals surface area contributed by atoms with Crippen molar-refractivity contribution in [2.45, 2.75) is 38.2 Å². The summed E-state index contributed by atoms with van der Waals surface area (Å²) in [6.07, 6.45) is 5.39. The summed E-state index contributed by atoms with van der Waals surface area (Å²) in [7, 11) is 0. The summed E-state index contributed by atoms with van der Waals surface area (Å²) in [6, 6.07) is 6.90. The monoisotopic (exact) mass is 263 g/mol. The second-order valence-electron chi connectivity index (χ2n) is 4.93. The molecule has 104 valence electrons. The molecule has 0 saturated heterocycles. The number of phenols is 1. The van der Waals surface area contributed by atoms with E-state index in [0.717, 1.165) is 12.8 Å². The van der Waals surface area contributed by atoms with Gasteiger partial charge in [0.2, 0.25) is 5.91 Å². The number of carbonyl (C=O) groups is 1. The van der Waals surface area contributed by atoms with Crippen LogP contribution in [0.1, 0.15) is 31.2 Å². The fourth-order valence-corrected chi connectivity index (χ4v) is 2.37. The van der Waals surface area contributed by atoms with E-state index in [-0.39, 0.29) is 18.1 Å². The molecular formula is C15H21NO3. The molecule has 1 aromatic rings. The van der Waals surface area contributed by atoms with Crippen molar-refractivity contribution in [3.8, 4) is 5.75 Å². The van der Waals surface area contributed by atoms with Crippen LogP contribution in [0.15, 0.2) is 24.3 Å². The summed E-state index contributed by atoms with van der Waals surface area (Å²) < 4.78 is 5.66. The van der Waals surface area contributed by atoms with E-state index in [1.165, 1.54) is 12.8 Å². The number of hydrogen-bond acceptors (Lipinski definition) is 3. The Morgan fingerprint density at radius 3 is 2.79 bits per heavy atom. The molecule has 4 heteroatoms. The lowest BCUT2D eigenvalue weighted by Gasteiger charge is -2.11. The van der Waals surface area contributed by atoms with E-state index >= 15 is 0 Å². The molecule has 1 aromatic carbocycles. The number of amides is 1. The first-order valence-electron chi connectivity index (χ1n) is 6.91. The lowest BCUT2D eigenvalue weighted by atomic mass is 10.1. The molecular weight excluding hydrogens is 242 g/mol. The first kappa shape index (κ1) is 13.9. The highest BCUT2D eigenvalue weighted by atomic mass is 16.5. The molecule has 0 bridgehead atoms. The molecule has 1 aliphatic carbocycles. The molecule has 1 aliphatic rings. The number of phenolic OH excluding ortho intramolecular Hbond substituents is 1. The van der Waals surface area contributed by atoms with Crippen molar-refractivity contribution in [3.63, 3.8) is 0 Å². The van der Waals surface area contributed by atoms with Crippen molar-refractivity contribution in [2.75, 3.05) is 13.2 Å². The van der Waals surface area contributed by atoms with Gasteiger partial charge >= 0.3 is 0 Å². The lowest BCUT2D eigenvalue weighted by molar-refractivity contribution is -0.120. The van der Waals surface area contributed by atoms with Gasteiger partial charge in [-0.2, -0.15) is 0 Å². The smallest absolute Gasteiger partial charge is 0.224 e. The molecule has 2 N–H and O–H groups in total. The van der Waals surface area contributed by atoms with Gasteiger partial charge in [0.05, 0.1) is 19.1 Å². The van der Waals surface area contributed by atoms with E-state index in [1.54, 1.807) is 18.2 Å². The molecule has 1 amide bonds. The van der Waals surface area contributed by atoms with E-state index in [1.807, 2.05) is 6.07 Å². The molecule has 0 unspecified atom stereocenters. The summed E-state index contributed by atoms with van der Waals surface area (Å²) >= 11 is 0. The van der Waals surface area contributed by atoms with Gasteiger partial charge in [0.25, 0.3) is 0 Å². The van der Waals surface area contributed by atoms with Gasteiger partial charge in [-0.25, -0.2) is 0 Å². The summed E-state index contributed by atoms with van der Waals surface area (Å²) in [5.74, 6) is 0.0800. The third-order valence-electron chi connectivity index (χ3n) is 3.42. The molecule has 19 heavy (non-hydrogen) atoms. The molecule has 4 nitrogen and oxygen atoms in total. The van der Waals surface area contributed by atoms with Crippen LogP contribution in [-0.2, 0) is 16.0 Å². The summed E-state index contributed by atoms with van der Waals surface area (Å²) in [6.45, 7) is 1.10. The Morgan fingerprint density at radius 2 is 2.05 bits per heavy atom. The summed E-state index contributed by atoms with van der Waals surface area (Å²) in [4.78, 5) is 11.7. The number of rotatable bonds is 6. The van der Waals surface area contributed by atoms with E-state index in [0.29, 0.717) is 24.8 Å².